The average molecular weight is 491 g/mol. The minimum absolute atomic E-state index is 0.000318. The number of nitrogens with one attached hydrogen (secondary N) is 2. The molecule has 4 bridgehead atoms. The van der Waals surface area contributed by atoms with Crippen molar-refractivity contribution < 1.29 is 14.0 Å². The van der Waals surface area contributed by atoms with Crippen molar-refractivity contribution in [2.45, 2.75) is 62.8 Å². The van der Waals surface area contributed by atoms with Gasteiger partial charge in [0.25, 0.3) is 0 Å². The van der Waals surface area contributed by atoms with Crippen LogP contribution in [0.5, 0.6) is 0 Å². The number of benzene rings is 1. The Labute approximate surface area is 211 Å². The number of hydrogen-bond donors (Lipinski definition) is 3. The van der Waals surface area contributed by atoms with E-state index in [1.165, 1.54) is 12.1 Å². The molecule has 190 valence electrons. The van der Waals surface area contributed by atoms with Gasteiger partial charge < -0.3 is 16.4 Å². The third-order valence-electron chi connectivity index (χ3n) is 9.89. The molecule has 2 aromatic rings. The molecule has 5 fully saturated rings. The Morgan fingerprint density at radius 2 is 1.75 bits per heavy atom. The third-order valence-corrected chi connectivity index (χ3v) is 9.89. The number of rotatable bonds is 7. The topological polar surface area (TPSA) is 97.1 Å². The summed E-state index contributed by atoms with van der Waals surface area (Å²) in [5.41, 5.74) is 7.51. The Kier molecular flexibility index (Phi) is 5.86. The Balaban J connectivity index is 1.15. The smallest absolute Gasteiger partial charge is 0.230 e. The maximum Gasteiger partial charge on any atom is 0.230 e. The van der Waals surface area contributed by atoms with Crippen molar-refractivity contribution >= 4 is 17.5 Å². The molecule has 7 rings (SSSR count). The van der Waals surface area contributed by atoms with Crippen LogP contribution in [0.1, 0.15) is 56.9 Å². The molecule has 0 radical (unpaired) electrons. The summed E-state index contributed by atoms with van der Waals surface area (Å²) in [5.74, 6) is 1.34. The Hall–Kier alpha value is -2.80. The van der Waals surface area contributed by atoms with E-state index < -0.39 is 5.41 Å². The summed E-state index contributed by atoms with van der Waals surface area (Å²) in [5, 5.41) is 6.33. The van der Waals surface area contributed by atoms with Gasteiger partial charge in [0.05, 0.1) is 10.8 Å². The van der Waals surface area contributed by atoms with Crippen LogP contribution in [0, 0.1) is 34.9 Å². The molecule has 1 aromatic heterocycles. The molecule has 0 saturated heterocycles. The molecule has 2 amide bonds. The third kappa shape index (κ3) is 3.74. The summed E-state index contributed by atoms with van der Waals surface area (Å²) in [7, 11) is 0. The lowest BCUT2D eigenvalue weighted by Crippen LogP contribution is -2.51. The lowest BCUT2D eigenvalue weighted by atomic mass is 9.72. The van der Waals surface area contributed by atoms with Crippen molar-refractivity contribution in [3.63, 3.8) is 0 Å². The van der Waals surface area contributed by atoms with Crippen LogP contribution in [0.2, 0.25) is 0 Å². The summed E-state index contributed by atoms with van der Waals surface area (Å²) in [6.45, 7) is 0.409. The summed E-state index contributed by atoms with van der Waals surface area (Å²) in [4.78, 5) is 31.1. The second-order valence-corrected chi connectivity index (χ2v) is 11.7. The van der Waals surface area contributed by atoms with Gasteiger partial charge >= 0.3 is 0 Å². The fraction of sp³-hybridized carbons (Fsp3) is 0.552. The molecule has 6 nitrogen and oxygen atoms in total. The summed E-state index contributed by atoms with van der Waals surface area (Å²) >= 11 is 0. The molecule has 5 aliphatic carbocycles. The molecule has 7 heteroatoms. The maximum atomic E-state index is 13.5. The number of amides is 2. The lowest BCUT2D eigenvalue weighted by Gasteiger charge is -2.36. The molecular weight excluding hydrogens is 455 g/mol. The van der Waals surface area contributed by atoms with E-state index in [0.29, 0.717) is 18.4 Å². The van der Waals surface area contributed by atoms with Gasteiger partial charge in [0.1, 0.15) is 5.82 Å². The number of anilines is 1. The molecule has 0 spiro atoms. The van der Waals surface area contributed by atoms with Crippen LogP contribution < -0.4 is 16.4 Å². The van der Waals surface area contributed by atoms with Crippen LogP contribution in [-0.4, -0.2) is 29.4 Å². The van der Waals surface area contributed by atoms with Crippen LogP contribution >= 0.6 is 0 Å². The van der Waals surface area contributed by atoms with E-state index in [1.54, 1.807) is 24.5 Å². The standard InChI is InChI=1S/C29H35FN4O2/c30-21-5-3-20(4-6-21)28(9-1-2-10-28)26(35)33-17-24(31)25-19-13-18-14-23(25)29(15-18,16-19)27(36)34-22-7-11-32-12-8-22/h3-8,11-12,18-19,23-25H,1-2,9-10,13-17,31H2,(H,33,35)(H,32,34,36)/t18?,19?,23?,24-,25?,29?/m1/s1. The van der Waals surface area contributed by atoms with Crippen LogP contribution in [0.3, 0.4) is 0 Å². The van der Waals surface area contributed by atoms with E-state index in [-0.39, 0.29) is 40.9 Å². The first-order valence-electron chi connectivity index (χ1n) is 13.4. The molecule has 5 saturated carbocycles. The Morgan fingerprint density at radius 3 is 2.47 bits per heavy atom. The number of pyridine rings is 1. The fourth-order valence-electron chi connectivity index (χ4n) is 8.48. The van der Waals surface area contributed by atoms with Crippen LogP contribution in [0.4, 0.5) is 10.1 Å². The fourth-order valence-corrected chi connectivity index (χ4v) is 8.48. The van der Waals surface area contributed by atoms with Gasteiger partial charge in [-0.05, 0) is 92.0 Å². The molecule has 5 aliphatic rings. The molecule has 1 heterocycles. The predicted octanol–water partition coefficient (Wildman–Crippen LogP) is 4.17. The molecule has 5 unspecified atom stereocenters. The van der Waals surface area contributed by atoms with E-state index in [4.69, 9.17) is 5.73 Å². The van der Waals surface area contributed by atoms with Crippen molar-refractivity contribution in [1.82, 2.24) is 10.3 Å². The zero-order valence-electron chi connectivity index (χ0n) is 20.6. The highest BCUT2D eigenvalue weighted by atomic mass is 19.1. The number of halogens is 1. The second kappa shape index (κ2) is 8.94. The van der Waals surface area contributed by atoms with E-state index in [0.717, 1.165) is 62.6 Å². The van der Waals surface area contributed by atoms with Gasteiger partial charge in [0.15, 0.2) is 0 Å². The van der Waals surface area contributed by atoms with Gasteiger partial charge in [-0.3, -0.25) is 14.6 Å². The highest BCUT2D eigenvalue weighted by Gasteiger charge is 2.66. The molecule has 4 N–H and O–H groups in total. The van der Waals surface area contributed by atoms with Gasteiger partial charge in [-0.2, -0.15) is 0 Å². The van der Waals surface area contributed by atoms with Gasteiger partial charge in [0.2, 0.25) is 11.8 Å². The van der Waals surface area contributed by atoms with E-state index in [9.17, 15) is 14.0 Å². The Morgan fingerprint density at radius 1 is 1.03 bits per heavy atom. The molecular formula is C29H35FN4O2. The quantitative estimate of drug-likeness (QED) is 0.543. The first-order valence-corrected chi connectivity index (χ1v) is 13.4. The zero-order chi connectivity index (χ0) is 24.9. The molecule has 36 heavy (non-hydrogen) atoms. The highest BCUT2D eigenvalue weighted by molar-refractivity contribution is 5.96. The van der Waals surface area contributed by atoms with Crippen LogP contribution in [0.15, 0.2) is 48.8 Å². The number of aromatic nitrogens is 1. The summed E-state index contributed by atoms with van der Waals surface area (Å²) in [6.07, 6.45) is 10.9. The number of carbonyl (C=O) groups excluding carboxylic acids is 2. The summed E-state index contributed by atoms with van der Waals surface area (Å²) < 4.78 is 13.5. The van der Waals surface area contributed by atoms with Crippen LogP contribution in [0.25, 0.3) is 0 Å². The predicted molar refractivity (Wildman–Crippen MR) is 135 cm³/mol. The number of nitrogens with zero attached hydrogens (tertiary/aromatic N) is 1. The Bertz CT molecular complexity index is 1130. The van der Waals surface area contributed by atoms with Crippen LogP contribution in [-0.2, 0) is 15.0 Å². The minimum Gasteiger partial charge on any atom is -0.354 e. The van der Waals surface area contributed by atoms with E-state index in [2.05, 4.69) is 15.6 Å². The zero-order valence-corrected chi connectivity index (χ0v) is 20.6. The van der Waals surface area contributed by atoms with Crippen molar-refractivity contribution in [3.8, 4) is 0 Å². The first-order chi connectivity index (χ1) is 17.4. The minimum atomic E-state index is -0.605. The first kappa shape index (κ1) is 23.6. The van der Waals surface area contributed by atoms with Gasteiger partial charge in [0, 0.05) is 30.7 Å². The largest absolute Gasteiger partial charge is 0.354 e. The second-order valence-electron chi connectivity index (χ2n) is 11.7. The monoisotopic (exact) mass is 490 g/mol. The number of nitrogens with two attached hydrogens (primary N) is 1. The average Bonchev–Trinajstić information content (AvgIpc) is 3.54. The molecule has 1 aromatic carbocycles. The van der Waals surface area contributed by atoms with Crippen molar-refractivity contribution in [1.29, 1.82) is 0 Å². The van der Waals surface area contributed by atoms with Crippen molar-refractivity contribution in [2.24, 2.45) is 34.8 Å². The number of hydrogen-bond acceptors (Lipinski definition) is 4. The lowest BCUT2D eigenvalue weighted by molar-refractivity contribution is -0.128. The molecule has 6 atom stereocenters. The summed E-state index contributed by atoms with van der Waals surface area (Å²) in [6, 6.07) is 9.85. The van der Waals surface area contributed by atoms with Gasteiger partial charge in [-0.15, -0.1) is 0 Å². The van der Waals surface area contributed by atoms with Crippen molar-refractivity contribution in [2.75, 3.05) is 11.9 Å². The van der Waals surface area contributed by atoms with Crippen molar-refractivity contribution in [3.05, 3.63) is 60.2 Å². The van der Waals surface area contributed by atoms with Gasteiger partial charge in [-0.25, -0.2) is 4.39 Å². The molecule has 0 aliphatic heterocycles. The van der Waals surface area contributed by atoms with E-state index in [1.807, 2.05) is 12.1 Å². The van der Waals surface area contributed by atoms with E-state index >= 15 is 0 Å². The highest BCUT2D eigenvalue weighted by Crippen LogP contribution is 2.68. The van der Waals surface area contributed by atoms with Gasteiger partial charge in [-0.1, -0.05) is 25.0 Å². The maximum absolute atomic E-state index is 13.5. The number of carbonyl (C=O) groups is 2. The SMILES string of the molecule is N[C@H](CNC(=O)C1(c2ccc(F)cc2)CCCC1)C1C2CC3CC1C(C(=O)Nc1ccncc1)(C3)C2. The normalized spacial score (nSPS) is 32.4.